The highest BCUT2D eigenvalue weighted by molar-refractivity contribution is 5.68. The number of benzene rings is 1. The molecule has 2 aromatic heterocycles. The number of aliphatic hydroxyl groups is 1. The van der Waals surface area contributed by atoms with E-state index in [-0.39, 0.29) is 17.0 Å². The van der Waals surface area contributed by atoms with Gasteiger partial charge in [0, 0.05) is 0 Å². The molecule has 0 radical (unpaired) electrons. The number of imidazole rings is 1. The molecule has 0 fully saturated rings. The molecule has 0 saturated heterocycles. The molecular weight excluding hydrogens is 248 g/mol. The quantitative estimate of drug-likeness (QED) is 0.518. The Morgan fingerprint density at radius 3 is 2.53 bits per heavy atom. The number of rotatable bonds is 2. The zero-order valence-electron chi connectivity index (χ0n) is 9.68. The molecule has 1 unspecified atom stereocenters. The molecule has 0 amide bonds. The third-order valence-electron chi connectivity index (χ3n) is 2.78. The van der Waals surface area contributed by atoms with E-state index < -0.39 is 17.4 Å². The van der Waals surface area contributed by atoms with Crippen LogP contribution < -0.4 is 11.2 Å². The fourth-order valence-electron chi connectivity index (χ4n) is 1.87. The Labute approximate surface area is 106 Å². The standard InChI is InChI=1S/C12H10N4O3/c17-8(6-4-2-1-3-5-6)10-13-7-9(14-10)15-12(19)16-11(7)18/h1-5,8,17H,(H3,13,14,15,16,18,19). The van der Waals surface area contributed by atoms with Crippen molar-refractivity contribution in [1.82, 2.24) is 19.9 Å². The summed E-state index contributed by atoms with van der Waals surface area (Å²) in [6, 6.07) is 8.89. The summed E-state index contributed by atoms with van der Waals surface area (Å²) >= 11 is 0. The Morgan fingerprint density at radius 1 is 1.05 bits per heavy atom. The van der Waals surface area contributed by atoms with Crippen molar-refractivity contribution in [2.24, 2.45) is 0 Å². The highest BCUT2D eigenvalue weighted by Gasteiger charge is 2.16. The van der Waals surface area contributed by atoms with Gasteiger partial charge in [-0.05, 0) is 5.56 Å². The minimum absolute atomic E-state index is 0.124. The fourth-order valence-corrected chi connectivity index (χ4v) is 1.87. The maximum absolute atomic E-state index is 11.5. The summed E-state index contributed by atoms with van der Waals surface area (Å²) in [4.78, 5) is 33.9. The van der Waals surface area contributed by atoms with E-state index in [2.05, 4.69) is 19.9 Å². The van der Waals surface area contributed by atoms with Crippen molar-refractivity contribution in [2.45, 2.75) is 6.10 Å². The van der Waals surface area contributed by atoms with E-state index >= 15 is 0 Å². The van der Waals surface area contributed by atoms with E-state index in [0.29, 0.717) is 5.56 Å². The average molecular weight is 258 g/mol. The molecule has 1 aromatic carbocycles. The number of nitrogens with one attached hydrogen (secondary N) is 3. The Morgan fingerprint density at radius 2 is 1.79 bits per heavy atom. The lowest BCUT2D eigenvalue weighted by Crippen LogP contribution is -2.21. The first kappa shape index (κ1) is 11.4. The normalized spacial score (nSPS) is 12.7. The average Bonchev–Trinajstić information content (AvgIpc) is 2.83. The van der Waals surface area contributed by atoms with Gasteiger partial charge in [-0.3, -0.25) is 14.8 Å². The third kappa shape index (κ3) is 1.95. The smallest absolute Gasteiger partial charge is 0.327 e. The number of H-pyrrole nitrogens is 3. The van der Waals surface area contributed by atoms with Gasteiger partial charge in [0.25, 0.3) is 5.56 Å². The maximum atomic E-state index is 11.5. The second kappa shape index (κ2) is 4.21. The molecule has 0 bridgehead atoms. The molecule has 0 aliphatic rings. The Kier molecular flexibility index (Phi) is 2.53. The van der Waals surface area contributed by atoms with Gasteiger partial charge in [-0.2, -0.15) is 0 Å². The van der Waals surface area contributed by atoms with Gasteiger partial charge in [0.05, 0.1) is 0 Å². The zero-order chi connectivity index (χ0) is 13.4. The van der Waals surface area contributed by atoms with Crippen LogP contribution in [0.25, 0.3) is 11.2 Å². The van der Waals surface area contributed by atoms with Gasteiger partial charge in [0.15, 0.2) is 5.65 Å². The van der Waals surface area contributed by atoms with Crippen LogP contribution in [0.2, 0.25) is 0 Å². The minimum atomic E-state index is -0.989. The van der Waals surface area contributed by atoms with Crippen LogP contribution in [0, 0.1) is 0 Å². The van der Waals surface area contributed by atoms with Gasteiger partial charge in [-0.25, -0.2) is 9.78 Å². The first-order valence-electron chi connectivity index (χ1n) is 5.60. The molecule has 0 saturated carbocycles. The SMILES string of the molecule is O=c1[nH]c(=O)c2[nH]c(C(O)c3ccccc3)nc2[nH]1. The number of aromatic amines is 3. The van der Waals surface area contributed by atoms with Gasteiger partial charge in [-0.1, -0.05) is 30.3 Å². The van der Waals surface area contributed by atoms with Gasteiger partial charge >= 0.3 is 5.69 Å². The summed E-state index contributed by atoms with van der Waals surface area (Å²) in [5.41, 5.74) is -0.314. The van der Waals surface area contributed by atoms with Gasteiger partial charge in [-0.15, -0.1) is 0 Å². The fraction of sp³-hybridized carbons (Fsp3) is 0.0833. The van der Waals surface area contributed by atoms with Crippen LogP contribution in [-0.4, -0.2) is 25.0 Å². The highest BCUT2D eigenvalue weighted by atomic mass is 16.3. The molecule has 0 spiro atoms. The summed E-state index contributed by atoms with van der Waals surface area (Å²) in [6.45, 7) is 0. The first-order valence-corrected chi connectivity index (χ1v) is 5.60. The highest BCUT2D eigenvalue weighted by Crippen LogP contribution is 2.19. The molecule has 0 aliphatic carbocycles. The van der Waals surface area contributed by atoms with Crippen LogP contribution in [0.4, 0.5) is 0 Å². The van der Waals surface area contributed by atoms with Crippen LogP contribution in [0.15, 0.2) is 39.9 Å². The third-order valence-corrected chi connectivity index (χ3v) is 2.78. The second-order valence-corrected chi connectivity index (χ2v) is 4.07. The lowest BCUT2D eigenvalue weighted by atomic mass is 10.1. The van der Waals surface area contributed by atoms with Crippen LogP contribution in [0.1, 0.15) is 17.5 Å². The second-order valence-electron chi connectivity index (χ2n) is 4.07. The van der Waals surface area contributed by atoms with Gasteiger partial charge < -0.3 is 10.1 Å². The number of hydrogen-bond donors (Lipinski definition) is 4. The van der Waals surface area contributed by atoms with E-state index in [4.69, 9.17) is 0 Å². The van der Waals surface area contributed by atoms with Crippen molar-refractivity contribution >= 4 is 11.2 Å². The summed E-state index contributed by atoms with van der Waals surface area (Å²) in [6.07, 6.45) is -0.989. The molecule has 4 N–H and O–H groups in total. The molecule has 3 aromatic rings. The predicted octanol–water partition coefficient (Wildman–Crippen LogP) is 0.0212. The molecule has 19 heavy (non-hydrogen) atoms. The van der Waals surface area contributed by atoms with Crippen molar-refractivity contribution in [2.75, 3.05) is 0 Å². The van der Waals surface area contributed by atoms with Crippen molar-refractivity contribution in [3.63, 3.8) is 0 Å². The van der Waals surface area contributed by atoms with Crippen molar-refractivity contribution in [3.8, 4) is 0 Å². The van der Waals surface area contributed by atoms with Crippen molar-refractivity contribution in [3.05, 3.63) is 62.6 Å². The molecule has 0 aliphatic heterocycles. The number of aromatic nitrogens is 4. The summed E-state index contributed by atoms with van der Waals surface area (Å²) in [7, 11) is 0. The van der Waals surface area contributed by atoms with Crippen molar-refractivity contribution < 1.29 is 5.11 Å². The predicted molar refractivity (Wildman–Crippen MR) is 67.8 cm³/mol. The zero-order valence-corrected chi connectivity index (χ0v) is 9.68. The maximum Gasteiger partial charge on any atom is 0.327 e. The lowest BCUT2D eigenvalue weighted by molar-refractivity contribution is 0.211. The lowest BCUT2D eigenvalue weighted by Gasteiger charge is -2.06. The minimum Gasteiger partial charge on any atom is -0.380 e. The van der Waals surface area contributed by atoms with Gasteiger partial charge in [0.2, 0.25) is 0 Å². The van der Waals surface area contributed by atoms with Crippen LogP contribution >= 0.6 is 0 Å². The number of hydrogen-bond acceptors (Lipinski definition) is 4. The van der Waals surface area contributed by atoms with Crippen molar-refractivity contribution in [1.29, 1.82) is 0 Å². The molecule has 1 atom stereocenters. The number of nitrogens with zero attached hydrogens (tertiary/aromatic N) is 1. The Balaban J connectivity index is 2.14. The number of fused-ring (bicyclic) bond motifs is 1. The number of aliphatic hydroxyl groups excluding tert-OH is 1. The Bertz CT molecular complexity index is 831. The van der Waals surface area contributed by atoms with Crippen LogP contribution in [0.3, 0.4) is 0 Å². The van der Waals surface area contributed by atoms with E-state index in [0.717, 1.165) is 0 Å². The van der Waals surface area contributed by atoms with Crippen LogP contribution in [-0.2, 0) is 0 Å². The molecule has 7 heteroatoms. The van der Waals surface area contributed by atoms with E-state index in [9.17, 15) is 14.7 Å². The van der Waals surface area contributed by atoms with Crippen LogP contribution in [0.5, 0.6) is 0 Å². The molecular formula is C12H10N4O3. The summed E-state index contributed by atoms with van der Waals surface area (Å²) in [5.74, 6) is 0.202. The first-order chi connectivity index (χ1) is 9.15. The Hall–Kier alpha value is -2.67. The van der Waals surface area contributed by atoms with E-state index in [1.807, 2.05) is 6.07 Å². The summed E-state index contributed by atoms with van der Waals surface area (Å²) in [5, 5.41) is 10.2. The topological polar surface area (TPSA) is 115 Å². The molecule has 2 heterocycles. The molecule has 7 nitrogen and oxygen atoms in total. The monoisotopic (exact) mass is 258 g/mol. The van der Waals surface area contributed by atoms with Gasteiger partial charge in [0.1, 0.15) is 17.4 Å². The van der Waals surface area contributed by atoms with E-state index in [1.165, 1.54) is 0 Å². The summed E-state index contributed by atoms with van der Waals surface area (Å²) < 4.78 is 0. The molecule has 3 rings (SSSR count). The largest absolute Gasteiger partial charge is 0.380 e. The van der Waals surface area contributed by atoms with E-state index in [1.54, 1.807) is 24.3 Å². The molecule has 96 valence electrons.